The highest BCUT2D eigenvalue weighted by Crippen LogP contribution is 2.37. The van der Waals surface area contributed by atoms with Gasteiger partial charge in [-0.15, -0.1) is 0 Å². The molecule has 1 saturated heterocycles. The van der Waals surface area contributed by atoms with E-state index in [9.17, 15) is 14.4 Å². The summed E-state index contributed by atoms with van der Waals surface area (Å²) in [7, 11) is 0. The van der Waals surface area contributed by atoms with Gasteiger partial charge >= 0.3 is 5.97 Å². The average Bonchev–Trinajstić information content (AvgIpc) is 3.25. The molecule has 0 unspecified atom stereocenters. The maximum Gasteiger partial charge on any atom is 0.338 e. The second-order valence-electron chi connectivity index (χ2n) is 6.90. The quantitative estimate of drug-likeness (QED) is 0.808. The Balaban J connectivity index is 1.47. The molecule has 132 valence electrons. The maximum absolute atomic E-state index is 12.3. The van der Waals surface area contributed by atoms with Crippen molar-refractivity contribution in [3.63, 3.8) is 0 Å². The lowest BCUT2D eigenvalue weighted by atomic mass is 10.1. The van der Waals surface area contributed by atoms with E-state index in [2.05, 4.69) is 15.5 Å². The van der Waals surface area contributed by atoms with Gasteiger partial charge in [-0.3, -0.25) is 9.59 Å². The first-order valence-electron chi connectivity index (χ1n) is 8.76. The van der Waals surface area contributed by atoms with Gasteiger partial charge in [0.25, 0.3) is 5.91 Å². The Kier molecular flexibility index (Phi) is 3.86. The molecule has 2 N–H and O–H groups in total. The monoisotopic (exact) mass is 343 g/mol. The van der Waals surface area contributed by atoms with Gasteiger partial charge in [0, 0.05) is 12.6 Å². The first kappa shape index (κ1) is 15.9. The van der Waals surface area contributed by atoms with E-state index in [0.717, 1.165) is 37.9 Å². The topological polar surface area (TPSA) is 87.7 Å². The molecule has 25 heavy (non-hydrogen) atoms. The summed E-state index contributed by atoms with van der Waals surface area (Å²) in [5, 5.41) is 5.68. The number of hydrogen-bond donors (Lipinski definition) is 2. The SMILES string of the molecule is C[C@@H](OC(=O)c1ccc2c(c1)NC(=O)[C@H]1CCCN21)C(=O)NC1CC1. The van der Waals surface area contributed by atoms with E-state index < -0.39 is 12.1 Å². The van der Waals surface area contributed by atoms with E-state index in [1.807, 2.05) is 6.07 Å². The summed E-state index contributed by atoms with van der Waals surface area (Å²) in [5.41, 5.74) is 1.87. The van der Waals surface area contributed by atoms with Gasteiger partial charge in [0.2, 0.25) is 5.91 Å². The number of ether oxygens (including phenoxy) is 1. The number of fused-ring (bicyclic) bond motifs is 3. The number of anilines is 2. The van der Waals surface area contributed by atoms with Crippen molar-refractivity contribution in [2.45, 2.75) is 50.8 Å². The van der Waals surface area contributed by atoms with Crippen LogP contribution in [0.3, 0.4) is 0 Å². The van der Waals surface area contributed by atoms with Crippen LogP contribution in [0.25, 0.3) is 0 Å². The number of amides is 2. The summed E-state index contributed by atoms with van der Waals surface area (Å²) >= 11 is 0. The third-order valence-electron chi connectivity index (χ3n) is 4.93. The highest BCUT2D eigenvalue weighted by Gasteiger charge is 2.36. The molecule has 0 bridgehead atoms. The van der Waals surface area contributed by atoms with Gasteiger partial charge < -0.3 is 20.3 Å². The van der Waals surface area contributed by atoms with Crippen LogP contribution in [0.2, 0.25) is 0 Å². The van der Waals surface area contributed by atoms with E-state index in [-0.39, 0.29) is 23.9 Å². The molecule has 1 aromatic rings. The Morgan fingerprint density at radius 2 is 2.12 bits per heavy atom. The van der Waals surface area contributed by atoms with Crippen molar-refractivity contribution in [2.75, 3.05) is 16.8 Å². The highest BCUT2D eigenvalue weighted by molar-refractivity contribution is 6.05. The minimum atomic E-state index is -0.846. The van der Waals surface area contributed by atoms with Crippen LogP contribution >= 0.6 is 0 Å². The number of nitrogens with one attached hydrogen (secondary N) is 2. The zero-order valence-electron chi connectivity index (χ0n) is 14.1. The maximum atomic E-state index is 12.3. The van der Waals surface area contributed by atoms with Crippen molar-refractivity contribution in [3.05, 3.63) is 23.8 Å². The number of carbonyl (C=O) groups excluding carboxylic acids is 3. The minimum Gasteiger partial charge on any atom is -0.449 e. The highest BCUT2D eigenvalue weighted by atomic mass is 16.5. The number of esters is 1. The first-order chi connectivity index (χ1) is 12.0. The number of hydrogen-bond acceptors (Lipinski definition) is 5. The van der Waals surface area contributed by atoms with Gasteiger partial charge in [-0.1, -0.05) is 0 Å². The lowest BCUT2D eigenvalue weighted by Gasteiger charge is -2.33. The number of carbonyl (C=O) groups is 3. The van der Waals surface area contributed by atoms with E-state index >= 15 is 0 Å². The summed E-state index contributed by atoms with van der Waals surface area (Å²) in [4.78, 5) is 38.5. The van der Waals surface area contributed by atoms with Crippen molar-refractivity contribution < 1.29 is 19.1 Å². The van der Waals surface area contributed by atoms with Gasteiger partial charge in [0.1, 0.15) is 6.04 Å². The van der Waals surface area contributed by atoms with Crippen molar-refractivity contribution in [1.82, 2.24) is 5.32 Å². The smallest absolute Gasteiger partial charge is 0.338 e. The fraction of sp³-hybridized carbons (Fsp3) is 0.500. The molecule has 2 aliphatic heterocycles. The molecular weight excluding hydrogens is 322 g/mol. The molecule has 2 amide bonds. The normalized spacial score (nSPS) is 22.5. The van der Waals surface area contributed by atoms with Crippen LogP contribution in [0.4, 0.5) is 11.4 Å². The molecule has 4 rings (SSSR count). The summed E-state index contributed by atoms with van der Waals surface area (Å²) in [5.74, 6) is -0.881. The minimum absolute atomic E-state index is 0.0345. The molecule has 1 aliphatic carbocycles. The number of benzene rings is 1. The second kappa shape index (κ2) is 6.06. The van der Waals surface area contributed by atoms with Crippen LogP contribution in [0.1, 0.15) is 43.0 Å². The Morgan fingerprint density at radius 3 is 2.88 bits per heavy atom. The molecule has 1 saturated carbocycles. The van der Waals surface area contributed by atoms with E-state index in [4.69, 9.17) is 4.74 Å². The van der Waals surface area contributed by atoms with Crippen LogP contribution in [0.5, 0.6) is 0 Å². The Morgan fingerprint density at radius 1 is 1.32 bits per heavy atom. The van der Waals surface area contributed by atoms with Crippen LogP contribution < -0.4 is 15.5 Å². The molecular formula is C18H21N3O4. The lowest BCUT2D eigenvalue weighted by Crippen LogP contribution is -2.44. The molecule has 2 heterocycles. The van der Waals surface area contributed by atoms with Crippen LogP contribution in [0.15, 0.2) is 18.2 Å². The van der Waals surface area contributed by atoms with Gasteiger partial charge in [0.05, 0.1) is 16.9 Å². The van der Waals surface area contributed by atoms with Crippen molar-refractivity contribution in [2.24, 2.45) is 0 Å². The Bertz CT molecular complexity index is 744. The molecule has 7 heteroatoms. The van der Waals surface area contributed by atoms with Gasteiger partial charge in [0.15, 0.2) is 6.10 Å². The van der Waals surface area contributed by atoms with Gasteiger partial charge in [-0.2, -0.15) is 0 Å². The van der Waals surface area contributed by atoms with Crippen molar-refractivity contribution in [3.8, 4) is 0 Å². The fourth-order valence-electron chi connectivity index (χ4n) is 3.39. The predicted molar refractivity (Wildman–Crippen MR) is 91.5 cm³/mol. The zero-order chi connectivity index (χ0) is 17.6. The Hall–Kier alpha value is -2.57. The summed E-state index contributed by atoms with van der Waals surface area (Å²) in [6, 6.07) is 5.24. The third-order valence-corrected chi connectivity index (χ3v) is 4.93. The summed E-state index contributed by atoms with van der Waals surface area (Å²) in [6.07, 6.45) is 2.95. The predicted octanol–water partition coefficient (Wildman–Crippen LogP) is 1.43. The van der Waals surface area contributed by atoms with Crippen LogP contribution in [0, 0.1) is 0 Å². The van der Waals surface area contributed by atoms with Crippen molar-refractivity contribution >= 4 is 29.2 Å². The zero-order valence-corrected chi connectivity index (χ0v) is 14.1. The summed E-state index contributed by atoms with van der Waals surface area (Å²) in [6.45, 7) is 2.40. The fourth-order valence-corrected chi connectivity index (χ4v) is 3.39. The third kappa shape index (κ3) is 3.06. The second-order valence-corrected chi connectivity index (χ2v) is 6.90. The molecule has 2 atom stereocenters. The first-order valence-corrected chi connectivity index (χ1v) is 8.76. The average molecular weight is 343 g/mol. The standard InChI is InChI=1S/C18H21N3O4/c1-10(16(22)19-12-5-6-12)25-18(24)11-4-7-14-13(9-11)20-17(23)15-3-2-8-21(14)15/h4,7,9-10,12,15H,2-3,5-6,8H2,1H3,(H,19,22)(H,20,23)/t10-,15-/m1/s1. The number of nitrogens with zero attached hydrogens (tertiary/aromatic N) is 1. The molecule has 0 radical (unpaired) electrons. The Labute approximate surface area is 145 Å². The molecule has 3 aliphatic rings. The molecule has 7 nitrogen and oxygen atoms in total. The lowest BCUT2D eigenvalue weighted by molar-refractivity contribution is -0.129. The van der Waals surface area contributed by atoms with E-state index in [1.54, 1.807) is 19.1 Å². The van der Waals surface area contributed by atoms with Crippen LogP contribution in [-0.2, 0) is 14.3 Å². The van der Waals surface area contributed by atoms with Crippen LogP contribution in [-0.4, -0.2) is 42.5 Å². The van der Waals surface area contributed by atoms with Gasteiger partial charge in [-0.05, 0) is 50.8 Å². The summed E-state index contributed by atoms with van der Waals surface area (Å²) < 4.78 is 5.25. The van der Waals surface area contributed by atoms with E-state index in [0.29, 0.717) is 11.3 Å². The molecule has 0 spiro atoms. The molecule has 0 aromatic heterocycles. The molecule has 1 aromatic carbocycles. The molecule has 2 fully saturated rings. The van der Waals surface area contributed by atoms with E-state index in [1.165, 1.54) is 0 Å². The van der Waals surface area contributed by atoms with Gasteiger partial charge in [-0.25, -0.2) is 4.79 Å². The largest absolute Gasteiger partial charge is 0.449 e. The van der Waals surface area contributed by atoms with Crippen molar-refractivity contribution in [1.29, 1.82) is 0 Å². The number of rotatable bonds is 4.